The molecule has 0 fully saturated rings. The van der Waals surface area contributed by atoms with Crippen LogP contribution in [-0.4, -0.2) is 29.0 Å². The van der Waals surface area contributed by atoms with Gasteiger partial charge in [-0.1, -0.05) is 24.3 Å². The Bertz CT molecular complexity index is 1350. The Balaban J connectivity index is 1.79. The van der Waals surface area contributed by atoms with Crippen LogP contribution >= 0.6 is 0 Å². The van der Waals surface area contributed by atoms with Crippen LogP contribution < -0.4 is 9.50 Å². The number of hydrogen-bond acceptors (Lipinski definition) is 6. The van der Waals surface area contributed by atoms with Crippen LogP contribution in [0.15, 0.2) is 76.5 Å². The van der Waals surface area contributed by atoms with Crippen molar-refractivity contribution in [1.29, 1.82) is 0 Å². The Labute approximate surface area is 181 Å². The summed E-state index contributed by atoms with van der Waals surface area (Å²) < 4.78 is 54.2. The summed E-state index contributed by atoms with van der Waals surface area (Å²) in [4.78, 5) is 12.6. The molecule has 3 aromatic carbocycles. The second-order valence-electron chi connectivity index (χ2n) is 7.05. The maximum absolute atomic E-state index is 12.6. The van der Waals surface area contributed by atoms with E-state index < -0.39 is 25.9 Å². The zero-order chi connectivity index (χ0) is 22.8. The third-order valence-corrected chi connectivity index (χ3v) is 7.02. The molecule has 0 bridgehead atoms. The maximum atomic E-state index is 12.6. The van der Waals surface area contributed by atoms with Crippen molar-refractivity contribution in [3.05, 3.63) is 83.4 Å². The molecule has 3 aromatic rings. The normalized spacial score (nSPS) is 11.7. The highest BCUT2D eigenvalue weighted by Gasteiger charge is 2.20. The molecule has 0 saturated heterocycles. The van der Waals surface area contributed by atoms with Crippen molar-refractivity contribution in [3.8, 4) is 5.75 Å². The molecule has 0 unspecified atom stereocenters. The number of para-hydroxylation sites is 1. The summed E-state index contributed by atoms with van der Waals surface area (Å²) in [7, 11) is -7.56. The largest absolute Gasteiger partial charge is 0.379 e. The van der Waals surface area contributed by atoms with Crippen molar-refractivity contribution in [3.63, 3.8) is 0 Å². The molecule has 1 amide bonds. The average molecular weight is 460 g/mol. The van der Waals surface area contributed by atoms with Crippen molar-refractivity contribution >= 4 is 31.5 Å². The summed E-state index contributed by atoms with van der Waals surface area (Å²) in [5.74, 6) is -0.492. The molecule has 0 aliphatic heterocycles. The molecule has 0 aliphatic carbocycles. The molecule has 162 valence electrons. The second-order valence-corrected chi connectivity index (χ2v) is 10.6. The number of hydrogen-bond donors (Lipinski definition) is 1. The van der Waals surface area contributed by atoms with Gasteiger partial charge in [0.1, 0.15) is 10.6 Å². The molecule has 1 N–H and O–H groups in total. The molecule has 0 radical (unpaired) electrons. The van der Waals surface area contributed by atoms with Gasteiger partial charge in [-0.2, -0.15) is 8.42 Å². The van der Waals surface area contributed by atoms with Crippen molar-refractivity contribution < 1.29 is 25.8 Å². The molecule has 0 aliphatic rings. The van der Waals surface area contributed by atoms with Crippen LogP contribution in [0.4, 0.5) is 5.69 Å². The molecule has 31 heavy (non-hydrogen) atoms. The van der Waals surface area contributed by atoms with Crippen LogP contribution in [0.5, 0.6) is 5.75 Å². The number of carbonyl (C=O) groups is 1. The Morgan fingerprint density at radius 3 is 2.13 bits per heavy atom. The predicted molar refractivity (Wildman–Crippen MR) is 118 cm³/mol. The first-order valence-corrected chi connectivity index (χ1v) is 12.5. The summed E-state index contributed by atoms with van der Waals surface area (Å²) in [6.07, 6.45) is 1.06. The van der Waals surface area contributed by atoms with Gasteiger partial charge in [-0.25, -0.2) is 8.42 Å². The zero-order valence-corrected chi connectivity index (χ0v) is 18.7. The van der Waals surface area contributed by atoms with Gasteiger partial charge in [0.2, 0.25) is 0 Å². The van der Waals surface area contributed by atoms with Crippen molar-refractivity contribution in [2.24, 2.45) is 0 Å². The van der Waals surface area contributed by atoms with Gasteiger partial charge in [-0.05, 0) is 67.4 Å². The molecule has 3 rings (SSSR count). The number of sulfone groups is 1. The summed E-state index contributed by atoms with van der Waals surface area (Å²) >= 11 is 0. The van der Waals surface area contributed by atoms with E-state index in [0.29, 0.717) is 5.56 Å². The highest BCUT2D eigenvalue weighted by molar-refractivity contribution is 7.90. The lowest BCUT2D eigenvalue weighted by molar-refractivity contribution is 0.102. The second kappa shape index (κ2) is 8.52. The molecular weight excluding hydrogens is 438 g/mol. The zero-order valence-electron chi connectivity index (χ0n) is 17.1. The van der Waals surface area contributed by atoms with E-state index in [0.717, 1.165) is 11.8 Å². The lowest BCUT2D eigenvalue weighted by atomic mass is 10.2. The van der Waals surface area contributed by atoms with E-state index in [1.807, 2.05) is 6.07 Å². The third-order valence-electron chi connectivity index (χ3n) is 4.47. The van der Waals surface area contributed by atoms with Gasteiger partial charge < -0.3 is 9.50 Å². The fraction of sp³-hybridized carbons (Fsp3) is 0.136. The minimum atomic E-state index is -4.04. The maximum Gasteiger partial charge on any atom is 0.339 e. The standard InChI is InChI=1S/C22H21NO6S2/c1-15-8-9-16(2)21(14-15)31(27,28)29-18-12-10-17(11-13-18)22(24)23-19-6-4-5-7-20(19)30(3,25)26/h4-14H,1-3H3,(H,23,24). The number of benzene rings is 3. The van der Waals surface area contributed by atoms with E-state index in [-0.39, 0.29) is 26.8 Å². The summed E-state index contributed by atoms with van der Waals surface area (Å²) in [6.45, 7) is 3.46. The lowest BCUT2D eigenvalue weighted by Crippen LogP contribution is -2.15. The monoisotopic (exact) mass is 459 g/mol. The average Bonchev–Trinajstić information content (AvgIpc) is 2.69. The Kier molecular flexibility index (Phi) is 6.19. The number of amides is 1. The topological polar surface area (TPSA) is 107 Å². The van der Waals surface area contributed by atoms with Gasteiger partial charge in [0.15, 0.2) is 9.84 Å². The van der Waals surface area contributed by atoms with Crippen molar-refractivity contribution in [2.45, 2.75) is 23.6 Å². The number of anilines is 1. The summed E-state index contributed by atoms with van der Waals surface area (Å²) in [6, 6.07) is 16.6. The molecular formula is C22H21NO6S2. The van der Waals surface area contributed by atoms with Gasteiger partial charge in [0.05, 0.1) is 10.6 Å². The van der Waals surface area contributed by atoms with Gasteiger partial charge in [0, 0.05) is 11.8 Å². The number of aryl methyl sites for hydroxylation is 2. The van der Waals surface area contributed by atoms with Crippen LogP contribution in [0.3, 0.4) is 0 Å². The highest BCUT2D eigenvalue weighted by Crippen LogP contribution is 2.24. The minimum absolute atomic E-state index is 0.00270. The Hall–Kier alpha value is -3.17. The minimum Gasteiger partial charge on any atom is -0.379 e. The highest BCUT2D eigenvalue weighted by atomic mass is 32.2. The Morgan fingerprint density at radius 2 is 1.48 bits per heavy atom. The molecule has 7 nitrogen and oxygen atoms in total. The smallest absolute Gasteiger partial charge is 0.339 e. The first-order valence-electron chi connectivity index (χ1n) is 9.19. The SMILES string of the molecule is Cc1ccc(C)c(S(=O)(=O)Oc2ccc(C(=O)Nc3ccccc3S(C)(=O)=O)cc2)c1. The van der Waals surface area contributed by atoms with Gasteiger partial charge in [0.25, 0.3) is 5.91 Å². The number of nitrogens with one attached hydrogen (secondary N) is 1. The number of carbonyl (C=O) groups excluding carboxylic acids is 1. The fourth-order valence-corrected chi connectivity index (χ4v) is 4.99. The van der Waals surface area contributed by atoms with Crippen LogP contribution in [0, 0.1) is 13.8 Å². The van der Waals surface area contributed by atoms with Crippen LogP contribution in [0.2, 0.25) is 0 Å². The fourth-order valence-electron chi connectivity index (χ4n) is 2.90. The van der Waals surface area contributed by atoms with Crippen molar-refractivity contribution in [2.75, 3.05) is 11.6 Å². The van der Waals surface area contributed by atoms with Gasteiger partial charge >= 0.3 is 10.1 Å². The molecule has 0 heterocycles. The van der Waals surface area contributed by atoms with Crippen LogP contribution in [0.1, 0.15) is 21.5 Å². The van der Waals surface area contributed by atoms with Gasteiger partial charge in [-0.15, -0.1) is 0 Å². The van der Waals surface area contributed by atoms with Crippen molar-refractivity contribution in [1.82, 2.24) is 0 Å². The molecule has 0 atom stereocenters. The third kappa shape index (κ3) is 5.31. The molecule has 0 aromatic heterocycles. The molecule has 0 saturated carbocycles. The summed E-state index contributed by atoms with van der Waals surface area (Å²) in [5.41, 5.74) is 1.72. The van der Waals surface area contributed by atoms with Crippen LogP contribution in [-0.2, 0) is 20.0 Å². The predicted octanol–water partition coefficient (Wildman–Crippen LogP) is 3.73. The Morgan fingerprint density at radius 1 is 0.839 bits per heavy atom. The first kappa shape index (κ1) is 22.5. The van der Waals surface area contributed by atoms with Gasteiger partial charge in [-0.3, -0.25) is 4.79 Å². The lowest BCUT2D eigenvalue weighted by Gasteiger charge is -2.11. The number of rotatable bonds is 6. The van der Waals surface area contributed by atoms with E-state index in [1.165, 1.54) is 42.5 Å². The molecule has 9 heteroatoms. The summed E-state index contributed by atoms with van der Waals surface area (Å²) in [5, 5.41) is 2.56. The molecule has 0 spiro atoms. The van der Waals surface area contributed by atoms with Crippen LogP contribution in [0.25, 0.3) is 0 Å². The van der Waals surface area contributed by atoms with E-state index in [1.54, 1.807) is 32.0 Å². The quantitative estimate of drug-likeness (QED) is 0.563. The first-order chi connectivity index (χ1) is 14.5. The van der Waals surface area contributed by atoms with E-state index >= 15 is 0 Å². The van der Waals surface area contributed by atoms with E-state index in [2.05, 4.69) is 5.32 Å². The van der Waals surface area contributed by atoms with E-state index in [9.17, 15) is 21.6 Å². The van der Waals surface area contributed by atoms with E-state index in [4.69, 9.17) is 4.18 Å².